The van der Waals surface area contributed by atoms with Crippen molar-refractivity contribution in [1.82, 2.24) is 0 Å². The molecule has 4 N–H and O–H groups in total. The summed E-state index contributed by atoms with van der Waals surface area (Å²) in [6.07, 6.45) is 0.0660. The topological polar surface area (TPSA) is 80.9 Å². The van der Waals surface area contributed by atoms with Crippen LogP contribution in [0.2, 0.25) is 0 Å². The van der Waals surface area contributed by atoms with Crippen LogP contribution in [0.25, 0.3) is 0 Å². The monoisotopic (exact) mass is 262 g/mol. The Hall–Kier alpha value is -0.160. The summed E-state index contributed by atoms with van der Waals surface area (Å²) >= 11 is 0. The van der Waals surface area contributed by atoms with Gasteiger partial charge in [0.25, 0.3) is 0 Å². The standard InChI is InChI=1S/C14H30O4/c1-10(2,15)9-14(11(3,4)16,12(5,6)17)13(7,8)18/h15-18H,9H2,1-8H3. The van der Waals surface area contributed by atoms with Crippen molar-refractivity contribution in [1.29, 1.82) is 0 Å². The molecule has 0 aliphatic carbocycles. The van der Waals surface area contributed by atoms with E-state index in [2.05, 4.69) is 0 Å². The molecule has 4 heteroatoms. The fourth-order valence-corrected chi connectivity index (χ4v) is 3.54. The van der Waals surface area contributed by atoms with Crippen molar-refractivity contribution in [3.63, 3.8) is 0 Å². The molecule has 0 unspecified atom stereocenters. The van der Waals surface area contributed by atoms with Crippen LogP contribution >= 0.6 is 0 Å². The van der Waals surface area contributed by atoms with Crippen LogP contribution in [-0.4, -0.2) is 42.8 Å². The number of aliphatic hydroxyl groups is 4. The molecule has 0 saturated heterocycles. The number of rotatable bonds is 5. The Morgan fingerprint density at radius 1 is 0.556 bits per heavy atom. The maximum atomic E-state index is 10.5. The van der Waals surface area contributed by atoms with Gasteiger partial charge < -0.3 is 20.4 Å². The Morgan fingerprint density at radius 3 is 0.833 bits per heavy atom. The summed E-state index contributed by atoms with van der Waals surface area (Å²) in [7, 11) is 0. The Kier molecular flexibility index (Phi) is 4.40. The molecule has 110 valence electrons. The minimum Gasteiger partial charge on any atom is -0.390 e. The second kappa shape index (κ2) is 4.44. The predicted molar refractivity (Wildman–Crippen MR) is 72.2 cm³/mol. The second-order valence-corrected chi connectivity index (χ2v) is 7.57. The van der Waals surface area contributed by atoms with E-state index in [0.29, 0.717) is 0 Å². The molecule has 0 aromatic carbocycles. The van der Waals surface area contributed by atoms with Crippen molar-refractivity contribution < 1.29 is 20.4 Å². The van der Waals surface area contributed by atoms with Crippen molar-refractivity contribution in [3.05, 3.63) is 0 Å². The first-order chi connectivity index (χ1) is 7.46. The van der Waals surface area contributed by atoms with Crippen molar-refractivity contribution in [2.24, 2.45) is 5.41 Å². The molecule has 0 bridgehead atoms. The molecule has 18 heavy (non-hydrogen) atoms. The van der Waals surface area contributed by atoms with Gasteiger partial charge >= 0.3 is 0 Å². The van der Waals surface area contributed by atoms with Crippen molar-refractivity contribution in [3.8, 4) is 0 Å². The molecule has 0 spiro atoms. The zero-order valence-electron chi connectivity index (χ0n) is 13.0. The lowest BCUT2D eigenvalue weighted by atomic mass is 9.52. The third kappa shape index (κ3) is 3.23. The number of hydrogen-bond donors (Lipinski definition) is 4. The minimum absolute atomic E-state index is 0.0660. The molecule has 0 atom stereocenters. The first-order valence-corrected chi connectivity index (χ1v) is 6.35. The van der Waals surface area contributed by atoms with Crippen LogP contribution in [-0.2, 0) is 0 Å². The summed E-state index contributed by atoms with van der Waals surface area (Å²) in [6, 6.07) is 0. The van der Waals surface area contributed by atoms with E-state index in [4.69, 9.17) is 0 Å². The normalized spacial score (nSPS) is 16.0. The average Bonchev–Trinajstić information content (AvgIpc) is 1.90. The third-order valence-corrected chi connectivity index (χ3v) is 3.83. The van der Waals surface area contributed by atoms with Crippen LogP contribution in [0.5, 0.6) is 0 Å². The Morgan fingerprint density at radius 2 is 0.778 bits per heavy atom. The number of hydrogen-bond acceptors (Lipinski definition) is 4. The van der Waals surface area contributed by atoms with E-state index in [-0.39, 0.29) is 6.42 Å². The Balaban J connectivity index is 6.10. The molecule has 0 fully saturated rings. The van der Waals surface area contributed by atoms with Gasteiger partial charge in [0.05, 0.1) is 27.8 Å². The highest BCUT2D eigenvalue weighted by atomic mass is 16.3. The van der Waals surface area contributed by atoms with Crippen LogP contribution < -0.4 is 0 Å². The second-order valence-electron chi connectivity index (χ2n) is 7.57. The molecule has 0 aliphatic rings. The van der Waals surface area contributed by atoms with Gasteiger partial charge in [-0.3, -0.25) is 0 Å². The lowest BCUT2D eigenvalue weighted by Crippen LogP contribution is -2.68. The molecule has 0 amide bonds. The predicted octanol–water partition coefficient (Wildman–Crippen LogP) is 1.45. The van der Waals surface area contributed by atoms with E-state index in [1.54, 1.807) is 55.4 Å². The van der Waals surface area contributed by atoms with Crippen LogP contribution in [0.15, 0.2) is 0 Å². The molecular weight excluding hydrogens is 232 g/mol. The summed E-state index contributed by atoms with van der Waals surface area (Å²) in [5.41, 5.74) is -6.53. The Labute approximate surface area is 111 Å². The van der Waals surface area contributed by atoms with Crippen LogP contribution in [0.3, 0.4) is 0 Å². The summed E-state index contributed by atoms with van der Waals surface area (Å²) in [4.78, 5) is 0. The van der Waals surface area contributed by atoms with Gasteiger partial charge in [-0.25, -0.2) is 0 Å². The zero-order valence-corrected chi connectivity index (χ0v) is 13.0. The average molecular weight is 262 g/mol. The van der Waals surface area contributed by atoms with E-state index in [9.17, 15) is 20.4 Å². The van der Waals surface area contributed by atoms with E-state index in [1.165, 1.54) is 0 Å². The lowest BCUT2D eigenvalue weighted by molar-refractivity contribution is -0.265. The van der Waals surface area contributed by atoms with Gasteiger partial charge in [-0.05, 0) is 61.8 Å². The largest absolute Gasteiger partial charge is 0.390 e. The smallest absolute Gasteiger partial charge is 0.0703 e. The van der Waals surface area contributed by atoms with Gasteiger partial charge in [0.2, 0.25) is 0 Å². The first kappa shape index (κ1) is 17.8. The zero-order chi connectivity index (χ0) is 15.2. The van der Waals surface area contributed by atoms with Gasteiger partial charge in [-0.15, -0.1) is 0 Å². The highest BCUT2D eigenvalue weighted by molar-refractivity contribution is 5.13. The van der Waals surface area contributed by atoms with Gasteiger partial charge in [0.1, 0.15) is 0 Å². The third-order valence-electron chi connectivity index (χ3n) is 3.83. The molecular formula is C14H30O4. The summed E-state index contributed by atoms with van der Waals surface area (Å²) < 4.78 is 0. The molecule has 4 nitrogen and oxygen atoms in total. The molecule has 0 saturated carbocycles. The molecule has 0 rings (SSSR count). The molecule has 0 aromatic rings. The van der Waals surface area contributed by atoms with Crippen molar-refractivity contribution in [2.75, 3.05) is 0 Å². The Bertz CT molecular complexity index is 245. The van der Waals surface area contributed by atoms with Crippen molar-refractivity contribution >= 4 is 0 Å². The molecule has 0 aromatic heterocycles. The maximum Gasteiger partial charge on any atom is 0.0703 e. The summed E-state index contributed by atoms with van der Waals surface area (Å²) in [5, 5.41) is 41.7. The molecule has 0 radical (unpaired) electrons. The quantitative estimate of drug-likeness (QED) is 0.604. The van der Waals surface area contributed by atoms with Crippen molar-refractivity contribution in [2.45, 2.75) is 84.2 Å². The minimum atomic E-state index is -1.37. The maximum absolute atomic E-state index is 10.5. The van der Waals surface area contributed by atoms with Crippen LogP contribution in [0, 0.1) is 5.41 Å². The van der Waals surface area contributed by atoms with E-state index >= 15 is 0 Å². The van der Waals surface area contributed by atoms with Gasteiger partial charge in [-0.2, -0.15) is 0 Å². The highest BCUT2D eigenvalue weighted by Crippen LogP contribution is 2.54. The fraction of sp³-hybridized carbons (Fsp3) is 1.00. The summed E-state index contributed by atoms with van der Waals surface area (Å²) in [6.45, 7) is 12.5. The van der Waals surface area contributed by atoms with Crippen LogP contribution in [0.4, 0.5) is 0 Å². The van der Waals surface area contributed by atoms with Gasteiger partial charge in [0.15, 0.2) is 0 Å². The molecule has 0 heterocycles. The van der Waals surface area contributed by atoms with Crippen LogP contribution in [0.1, 0.15) is 61.8 Å². The SMILES string of the molecule is CC(C)(O)CC(C(C)(C)O)(C(C)(C)O)C(C)(C)O. The van der Waals surface area contributed by atoms with Gasteiger partial charge in [-0.1, -0.05) is 0 Å². The molecule has 0 aliphatic heterocycles. The van der Waals surface area contributed by atoms with E-state index in [0.717, 1.165) is 0 Å². The highest BCUT2D eigenvalue weighted by Gasteiger charge is 2.63. The van der Waals surface area contributed by atoms with Gasteiger partial charge in [0, 0.05) is 0 Å². The van der Waals surface area contributed by atoms with E-state index < -0.39 is 27.8 Å². The van der Waals surface area contributed by atoms with E-state index in [1.807, 2.05) is 0 Å². The summed E-state index contributed by atoms with van der Waals surface area (Å²) in [5.74, 6) is 0. The fourth-order valence-electron chi connectivity index (χ4n) is 3.54. The first-order valence-electron chi connectivity index (χ1n) is 6.35. The lowest BCUT2D eigenvalue weighted by Gasteiger charge is -2.59.